The van der Waals surface area contributed by atoms with Crippen molar-refractivity contribution in [3.05, 3.63) is 94.0 Å². The molecule has 0 saturated heterocycles. The van der Waals surface area contributed by atoms with Gasteiger partial charge in [-0.3, -0.25) is 4.79 Å². The SMILES string of the molecule is Cc1cc(C=Nn2c(-c3ccccc3F)nc3ccccc3c2=O)ccc1O. The molecular weight excluding hydrogens is 357 g/mol. The van der Waals surface area contributed by atoms with Gasteiger partial charge in [-0.15, -0.1) is 0 Å². The second kappa shape index (κ2) is 7.08. The van der Waals surface area contributed by atoms with Crippen molar-refractivity contribution in [3.63, 3.8) is 0 Å². The van der Waals surface area contributed by atoms with Crippen LogP contribution in [-0.2, 0) is 0 Å². The van der Waals surface area contributed by atoms with E-state index in [0.717, 1.165) is 4.68 Å². The molecule has 0 aliphatic rings. The molecule has 1 N–H and O–H groups in total. The number of aromatic hydroxyl groups is 1. The van der Waals surface area contributed by atoms with Crippen LogP contribution in [0.1, 0.15) is 11.1 Å². The second-order valence-electron chi connectivity index (χ2n) is 6.34. The number of hydrogen-bond donors (Lipinski definition) is 1. The van der Waals surface area contributed by atoms with E-state index < -0.39 is 11.4 Å². The minimum atomic E-state index is -0.492. The number of rotatable bonds is 3. The summed E-state index contributed by atoms with van der Waals surface area (Å²) >= 11 is 0. The summed E-state index contributed by atoms with van der Waals surface area (Å²) in [4.78, 5) is 17.5. The van der Waals surface area contributed by atoms with Crippen LogP contribution in [0.5, 0.6) is 5.75 Å². The molecule has 1 aromatic heterocycles. The molecule has 0 bridgehead atoms. The standard InChI is InChI=1S/C22H16FN3O2/c1-14-12-15(10-11-20(14)27)13-24-26-21(16-6-2-4-8-18(16)23)25-19-9-5-3-7-17(19)22(26)28/h2-13,27H,1H3. The van der Waals surface area contributed by atoms with Gasteiger partial charge in [-0.1, -0.05) is 24.3 Å². The van der Waals surface area contributed by atoms with Crippen LogP contribution in [0.2, 0.25) is 0 Å². The van der Waals surface area contributed by atoms with Gasteiger partial charge in [0.1, 0.15) is 11.6 Å². The van der Waals surface area contributed by atoms with Gasteiger partial charge in [0.15, 0.2) is 5.82 Å². The number of para-hydroxylation sites is 1. The van der Waals surface area contributed by atoms with Crippen LogP contribution < -0.4 is 5.56 Å². The normalized spacial score (nSPS) is 11.4. The van der Waals surface area contributed by atoms with Crippen molar-refractivity contribution in [2.45, 2.75) is 6.92 Å². The zero-order chi connectivity index (χ0) is 19.7. The Hall–Kier alpha value is -3.80. The van der Waals surface area contributed by atoms with Gasteiger partial charge in [0.25, 0.3) is 5.56 Å². The van der Waals surface area contributed by atoms with Gasteiger partial charge in [-0.05, 0) is 60.5 Å². The molecule has 0 aliphatic carbocycles. The van der Waals surface area contributed by atoms with Crippen LogP contribution in [0.25, 0.3) is 22.3 Å². The van der Waals surface area contributed by atoms with Crippen LogP contribution in [0.15, 0.2) is 76.6 Å². The summed E-state index contributed by atoms with van der Waals surface area (Å²) in [7, 11) is 0. The molecule has 28 heavy (non-hydrogen) atoms. The second-order valence-corrected chi connectivity index (χ2v) is 6.34. The van der Waals surface area contributed by atoms with E-state index in [1.165, 1.54) is 12.3 Å². The van der Waals surface area contributed by atoms with E-state index >= 15 is 0 Å². The lowest BCUT2D eigenvalue weighted by Gasteiger charge is -2.10. The maximum absolute atomic E-state index is 14.4. The topological polar surface area (TPSA) is 67.5 Å². The number of aryl methyl sites for hydroxylation is 1. The van der Waals surface area contributed by atoms with Crippen LogP contribution in [0.4, 0.5) is 4.39 Å². The molecule has 1 heterocycles. The van der Waals surface area contributed by atoms with E-state index in [-0.39, 0.29) is 17.1 Å². The third kappa shape index (κ3) is 3.16. The molecule has 0 saturated carbocycles. The number of fused-ring (bicyclic) bond motifs is 1. The van der Waals surface area contributed by atoms with Gasteiger partial charge >= 0.3 is 0 Å². The number of halogens is 1. The lowest BCUT2D eigenvalue weighted by molar-refractivity contribution is 0.471. The highest BCUT2D eigenvalue weighted by Crippen LogP contribution is 2.22. The predicted octanol–water partition coefficient (Wildman–Crippen LogP) is 4.10. The molecule has 0 spiro atoms. The summed E-state index contributed by atoms with van der Waals surface area (Å²) in [5.74, 6) is -0.198. The van der Waals surface area contributed by atoms with Crippen LogP contribution in [-0.4, -0.2) is 21.0 Å². The highest BCUT2D eigenvalue weighted by Gasteiger charge is 2.15. The summed E-state index contributed by atoms with van der Waals surface area (Å²) in [5.41, 5.74) is 1.63. The number of aromatic nitrogens is 2. The first-order valence-electron chi connectivity index (χ1n) is 8.65. The third-order valence-electron chi connectivity index (χ3n) is 4.41. The Labute approximate surface area is 160 Å². The summed E-state index contributed by atoms with van der Waals surface area (Å²) in [6, 6.07) is 18.0. The number of benzene rings is 3. The fourth-order valence-electron chi connectivity index (χ4n) is 2.93. The summed E-state index contributed by atoms with van der Waals surface area (Å²) in [5, 5.41) is 14.3. The van der Waals surface area contributed by atoms with Crippen molar-refractivity contribution < 1.29 is 9.50 Å². The van der Waals surface area contributed by atoms with Crippen molar-refractivity contribution >= 4 is 17.1 Å². The Balaban J connectivity index is 1.95. The molecule has 4 aromatic rings. The molecule has 0 aliphatic heterocycles. The molecule has 0 amide bonds. The summed E-state index contributed by atoms with van der Waals surface area (Å²) < 4.78 is 15.5. The Morgan fingerprint density at radius 2 is 1.82 bits per heavy atom. The Morgan fingerprint density at radius 3 is 2.61 bits per heavy atom. The van der Waals surface area contributed by atoms with E-state index in [1.54, 1.807) is 67.6 Å². The summed E-state index contributed by atoms with van der Waals surface area (Å²) in [6.07, 6.45) is 1.48. The number of nitrogens with zero attached hydrogens (tertiary/aromatic N) is 3. The lowest BCUT2D eigenvalue weighted by atomic mass is 10.1. The number of phenolic OH excluding ortho intramolecular Hbond substituents is 1. The van der Waals surface area contributed by atoms with E-state index in [4.69, 9.17) is 0 Å². The third-order valence-corrected chi connectivity index (χ3v) is 4.41. The highest BCUT2D eigenvalue weighted by molar-refractivity contribution is 5.82. The molecule has 0 fully saturated rings. The molecule has 4 rings (SSSR count). The Kier molecular flexibility index (Phi) is 4.45. The molecule has 6 heteroatoms. The Morgan fingerprint density at radius 1 is 1.07 bits per heavy atom. The van der Waals surface area contributed by atoms with Crippen molar-refractivity contribution in [1.82, 2.24) is 9.66 Å². The van der Waals surface area contributed by atoms with Gasteiger partial charge in [-0.2, -0.15) is 9.78 Å². The van der Waals surface area contributed by atoms with Crippen molar-refractivity contribution in [2.24, 2.45) is 5.10 Å². The van der Waals surface area contributed by atoms with Crippen LogP contribution in [0.3, 0.4) is 0 Å². The smallest absolute Gasteiger partial charge is 0.282 e. The Bertz CT molecular complexity index is 1280. The predicted molar refractivity (Wildman–Crippen MR) is 107 cm³/mol. The van der Waals surface area contributed by atoms with Gasteiger partial charge in [0.05, 0.1) is 22.7 Å². The largest absolute Gasteiger partial charge is 0.508 e. The van der Waals surface area contributed by atoms with Gasteiger partial charge in [0.2, 0.25) is 0 Å². The minimum absolute atomic E-state index is 0.119. The molecule has 0 atom stereocenters. The van der Waals surface area contributed by atoms with E-state index in [0.29, 0.717) is 22.0 Å². The quantitative estimate of drug-likeness (QED) is 0.550. The van der Waals surface area contributed by atoms with Crippen LogP contribution in [0, 0.1) is 12.7 Å². The van der Waals surface area contributed by atoms with E-state index in [2.05, 4.69) is 10.1 Å². The zero-order valence-corrected chi connectivity index (χ0v) is 15.0. The van der Waals surface area contributed by atoms with Gasteiger partial charge in [-0.25, -0.2) is 9.37 Å². The minimum Gasteiger partial charge on any atom is -0.508 e. The average Bonchev–Trinajstić information content (AvgIpc) is 2.70. The van der Waals surface area contributed by atoms with Gasteiger partial charge < -0.3 is 5.11 Å². The maximum atomic E-state index is 14.4. The molecular formula is C22H16FN3O2. The number of hydrogen-bond acceptors (Lipinski definition) is 4. The first kappa shape index (κ1) is 17.6. The molecule has 0 radical (unpaired) electrons. The fourth-order valence-corrected chi connectivity index (χ4v) is 2.93. The van der Waals surface area contributed by atoms with Crippen molar-refractivity contribution in [3.8, 4) is 17.1 Å². The highest BCUT2D eigenvalue weighted by atomic mass is 19.1. The molecule has 0 unspecified atom stereocenters. The monoisotopic (exact) mass is 373 g/mol. The summed E-state index contributed by atoms with van der Waals surface area (Å²) in [6.45, 7) is 1.77. The number of phenols is 1. The van der Waals surface area contributed by atoms with E-state index in [9.17, 15) is 14.3 Å². The van der Waals surface area contributed by atoms with E-state index in [1.807, 2.05) is 0 Å². The zero-order valence-electron chi connectivity index (χ0n) is 15.0. The van der Waals surface area contributed by atoms with Gasteiger partial charge in [0, 0.05) is 0 Å². The first-order valence-corrected chi connectivity index (χ1v) is 8.65. The molecule has 3 aromatic carbocycles. The first-order chi connectivity index (χ1) is 13.5. The van der Waals surface area contributed by atoms with Crippen LogP contribution >= 0.6 is 0 Å². The average molecular weight is 373 g/mol. The lowest BCUT2D eigenvalue weighted by Crippen LogP contribution is -2.20. The van der Waals surface area contributed by atoms with Crippen molar-refractivity contribution in [2.75, 3.05) is 0 Å². The fraction of sp³-hybridized carbons (Fsp3) is 0.0455. The maximum Gasteiger partial charge on any atom is 0.282 e. The molecule has 5 nitrogen and oxygen atoms in total. The van der Waals surface area contributed by atoms with Crippen molar-refractivity contribution in [1.29, 1.82) is 0 Å². The molecule has 138 valence electrons.